The minimum atomic E-state index is -0.801. The molecular formula is C26H20FN3O5. The van der Waals surface area contributed by atoms with Crippen molar-refractivity contribution in [3.8, 4) is 5.75 Å². The molecule has 176 valence electrons. The van der Waals surface area contributed by atoms with Crippen LogP contribution in [-0.2, 0) is 14.3 Å². The monoisotopic (exact) mass is 473 g/mol. The summed E-state index contributed by atoms with van der Waals surface area (Å²) in [6.45, 7) is -0.994. The van der Waals surface area contributed by atoms with Gasteiger partial charge in [-0.3, -0.25) is 14.6 Å². The van der Waals surface area contributed by atoms with E-state index in [0.717, 1.165) is 5.39 Å². The molecule has 0 aliphatic heterocycles. The van der Waals surface area contributed by atoms with Gasteiger partial charge in [-0.15, -0.1) is 0 Å². The summed E-state index contributed by atoms with van der Waals surface area (Å²) >= 11 is 0. The van der Waals surface area contributed by atoms with E-state index in [2.05, 4.69) is 15.6 Å². The van der Waals surface area contributed by atoms with Crippen LogP contribution in [0.25, 0.3) is 10.9 Å². The molecule has 4 rings (SSSR count). The number of ether oxygens (including phenoxy) is 2. The molecule has 0 aliphatic rings. The maximum atomic E-state index is 13.7. The summed E-state index contributed by atoms with van der Waals surface area (Å²) in [4.78, 5) is 41.3. The van der Waals surface area contributed by atoms with Crippen LogP contribution in [0.15, 0.2) is 85.1 Å². The maximum Gasteiger partial charge on any atom is 0.342 e. The number of para-hydroxylation sites is 2. The molecule has 0 atom stereocenters. The van der Waals surface area contributed by atoms with E-state index >= 15 is 0 Å². The SMILES string of the molecule is O=C(COc1ccccc1C(=O)OCC(=O)Nc1cccc2ncccc12)Nc1ccccc1F. The zero-order valence-electron chi connectivity index (χ0n) is 18.4. The van der Waals surface area contributed by atoms with Crippen LogP contribution in [0.5, 0.6) is 5.75 Å². The van der Waals surface area contributed by atoms with Gasteiger partial charge in [0, 0.05) is 11.6 Å². The average Bonchev–Trinajstić information content (AvgIpc) is 2.88. The van der Waals surface area contributed by atoms with E-state index in [4.69, 9.17) is 9.47 Å². The molecule has 1 heterocycles. The molecule has 35 heavy (non-hydrogen) atoms. The van der Waals surface area contributed by atoms with E-state index in [0.29, 0.717) is 11.2 Å². The van der Waals surface area contributed by atoms with E-state index in [1.54, 1.807) is 42.6 Å². The number of halogens is 1. The Labute approximate surface area is 199 Å². The second-order valence-corrected chi connectivity index (χ2v) is 7.31. The summed E-state index contributed by atoms with van der Waals surface area (Å²) < 4.78 is 24.3. The molecule has 2 amide bonds. The second-order valence-electron chi connectivity index (χ2n) is 7.31. The number of carbonyl (C=O) groups is 3. The Bertz CT molecular complexity index is 1390. The third kappa shape index (κ3) is 5.97. The number of carbonyl (C=O) groups excluding carboxylic acids is 3. The van der Waals surface area contributed by atoms with Crippen molar-refractivity contribution in [2.75, 3.05) is 23.8 Å². The van der Waals surface area contributed by atoms with Crippen LogP contribution in [0.4, 0.5) is 15.8 Å². The Morgan fingerprint density at radius 3 is 2.34 bits per heavy atom. The first-order valence-corrected chi connectivity index (χ1v) is 10.6. The number of amides is 2. The summed E-state index contributed by atoms with van der Waals surface area (Å²) in [5.74, 6) is -2.44. The van der Waals surface area contributed by atoms with Gasteiger partial charge in [0.25, 0.3) is 11.8 Å². The molecular weight excluding hydrogens is 453 g/mol. The zero-order valence-corrected chi connectivity index (χ0v) is 18.4. The molecule has 0 unspecified atom stereocenters. The molecule has 4 aromatic rings. The minimum absolute atomic E-state index is 0.0155. The Kier molecular flexibility index (Phi) is 7.27. The lowest BCUT2D eigenvalue weighted by Gasteiger charge is -2.12. The van der Waals surface area contributed by atoms with Crippen LogP contribution >= 0.6 is 0 Å². The zero-order chi connectivity index (χ0) is 24.6. The van der Waals surface area contributed by atoms with Crippen LogP contribution < -0.4 is 15.4 Å². The maximum absolute atomic E-state index is 13.7. The molecule has 2 N–H and O–H groups in total. The second kappa shape index (κ2) is 10.9. The fraction of sp³-hybridized carbons (Fsp3) is 0.0769. The van der Waals surface area contributed by atoms with Gasteiger partial charge in [-0.25, -0.2) is 9.18 Å². The third-order valence-corrected chi connectivity index (χ3v) is 4.87. The number of rotatable bonds is 8. The van der Waals surface area contributed by atoms with Crippen LogP contribution in [0, 0.1) is 5.82 Å². The number of hydrogen-bond donors (Lipinski definition) is 2. The molecule has 0 bridgehead atoms. The topological polar surface area (TPSA) is 107 Å². The van der Waals surface area contributed by atoms with Crippen molar-refractivity contribution in [2.24, 2.45) is 0 Å². The van der Waals surface area contributed by atoms with Crippen LogP contribution in [0.2, 0.25) is 0 Å². The van der Waals surface area contributed by atoms with Crippen molar-refractivity contribution >= 4 is 40.1 Å². The van der Waals surface area contributed by atoms with E-state index in [9.17, 15) is 18.8 Å². The Hall–Kier alpha value is -4.79. The lowest BCUT2D eigenvalue weighted by atomic mass is 10.2. The third-order valence-electron chi connectivity index (χ3n) is 4.87. The van der Waals surface area contributed by atoms with Crippen molar-refractivity contribution in [2.45, 2.75) is 0 Å². The summed E-state index contributed by atoms with van der Waals surface area (Å²) in [6.07, 6.45) is 1.65. The Morgan fingerprint density at radius 1 is 0.771 bits per heavy atom. The van der Waals surface area contributed by atoms with Gasteiger partial charge < -0.3 is 20.1 Å². The quantitative estimate of drug-likeness (QED) is 0.372. The number of nitrogens with zero attached hydrogens (tertiary/aromatic N) is 1. The number of benzene rings is 3. The van der Waals surface area contributed by atoms with Crippen LogP contribution in [0.1, 0.15) is 10.4 Å². The number of fused-ring (bicyclic) bond motifs is 1. The highest BCUT2D eigenvalue weighted by atomic mass is 19.1. The van der Waals surface area contributed by atoms with E-state index in [-0.39, 0.29) is 17.0 Å². The number of hydrogen-bond acceptors (Lipinski definition) is 6. The molecule has 0 saturated carbocycles. The lowest BCUT2D eigenvalue weighted by Crippen LogP contribution is -2.23. The number of nitrogens with one attached hydrogen (secondary N) is 2. The highest BCUT2D eigenvalue weighted by molar-refractivity contribution is 6.02. The van der Waals surface area contributed by atoms with Gasteiger partial charge in [0.2, 0.25) is 0 Å². The molecule has 3 aromatic carbocycles. The Morgan fingerprint density at radius 2 is 1.49 bits per heavy atom. The van der Waals surface area contributed by atoms with E-state index in [1.165, 1.54) is 30.3 Å². The van der Waals surface area contributed by atoms with Crippen molar-refractivity contribution < 1.29 is 28.2 Å². The standard InChI is InChI=1S/C26H20FN3O5/c27-19-9-2-3-10-22(19)30-24(31)15-34-23-13-4-1-7-18(23)26(33)35-16-25(32)29-21-12-5-11-20-17(21)8-6-14-28-20/h1-14H,15-16H2,(H,29,32)(H,30,31). The lowest BCUT2D eigenvalue weighted by molar-refractivity contribution is -0.119. The first kappa shape index (κ1) is 23.4. The molecule has 0 radical (unpaired) electrons. The summed E-state index contributed by atoms with van der Waals surface area (Å²) in [6, 6.07) is 20.7. The largest absolute Gasteiger partial charge is 0.483 e. The number of anilines is 2. The number of esters is 1. The molecule has 0 fully saturated rings. The smallest absolute Gasteiger partial charge is 0.342 e. The van der Waals surface area contributed by atoms with E-state index < -0.39 is 36.8 Å². The first-order chi connectivity index (χ1) is 17.0. The highest BCUT2D eigenvalue weighted by Crippen LogP contribution is 2.22. The van der Waals surface area contributed by atoms with Crippen molar-refractivity contribution in [3.05, 3.63) is 96.4 Å². The predicted molar refractivity (Wildman–Crippen MR) is 128 cm³/mol. The first-order valence-electron chi connectivity index (χ1n) is 10.6. The van der Waals surface area contributed by atoms with Crippen LogP contribution in [0.3, 0.4) is 0 Å². The van der Waals surface area contributed by atoms with Gasteiger partial charge in [-0.05, 0) is 48.5 Å². The minimum Gasteiger partial charge on any atom is -0.483 e. The Balaban J connectivity index is 1.34. The van der Waals surface area contributed by atoms with Gasteiger partial charge in [-0.1, -0.05) is 30.3 Å². The fourth-order valence-electron chi connectivity index (χ4n) is 3.26. The van der Waals surface area contributed by atoms with Gasteiger partial charge in [0.05, 0.1) is 16.9 Å². The predicted octanol–water partition coefficient (Wildman–Crippen LogP) is 4.19. The molecule has 8 nitrogen and oxygen atoms in total. The van der Waals surface area contributed by atoms with Gasteiger partial charge in [-0.2, -0.15) is 0 Å². The average molecular weight is 473 g/mol. The van der Waals surface area contributed by atoms with Crippen molar-refractivity contribution in [3.63, 3.8) is 0 Å². The number of aromatic nitrogens is 1. The highest BCUT2D eigenvalue weighted by Gasteiger charge is 2.17. The van der Waals surface area contributed by atoms with Crippen molar-refractivity contribution in [1.29, 1.82) is 0 Å². The molecule has 0 aliphatic carbocycles. The number of pyridine rings is 1. The molecule has 1 aromatic heterocycles. The normalized spacial score (nSPS) is 10.4. The van der Waals surface area contributed by atoms with Crippen molar-refractivity contribution in [1.82, 2.24) is 4.98 Å². The molecule has 0 saturated heterocycles. The van der Waals surface area contributed by atoms with Gasteiger partial charge in [0.1, 0.15) is 17.1 Å². The summed E-state index contributed by atoms with van der Waals surface area (Å²) in [5, 5.41) is 5.85. The van der Waals surface area contributed by atoms with Crippen LogP contribution in [-0.4, -0.2) is 36.0 Å². The fourth-order valence-corrected chi connectivity index (χ4v) is 3.26. The van der Waals surface area contributed by atoms with Gasteiger partial charge >= 0.3 is 5.97 Å². The molecule has 0 spiro atoms. The summed E-state index contributed by atoms with van der Waals surface area (Å²) in [7, 11) is 0. The van der Waals surface area contributed by atoms with Gasteiger partial charge in [0.15, 0.2) is 13.2 Å². The van der Waals surface area contributed by atoms with E-state index in [1.807, 2.05) is 12.1 Å². The molecule has 9 heteroatoms. The summed E-state index contributed by atoms with van der Waals surface area (Å²) in [5.41, 5.74) is 1.31.